The van der Waals surface area contributed by atoms with Gasteiger partial charge in [-0.15, -0.1) is 0 Å². The summed E-state index contributed by atoms with van der Waals surface area (Å²) in [5.41, 5.74) is 3.34. The highest BCUT2D eigenvalue weighted by atomic mass is 79.9. The zero-order chi connectivity index (χ0) is 26.4. The van der Waals surface area contributed by atoms with E-state index < -0.39 is 17.6 Å². The number of ether oxygens (including phenoxy) is 1. The number of anilines is 1. The van der Waals surface area contributed by atoms with Crippen molar-refractivity contribution in [2.45, 2.75) is 13.0 Å². The second-order valence-electron chi connectivity index (χ2n) is 8.68. The van der Waals surface area contributed by atoms with Crippen molar-refractivity contribution in [2.75, 3.05) is 11.9 Å². The molecule has 0 saturated carbocycles. The van der Waals surface area contributed by atoms with E-state index in [-0.39, 0.29) is 22.6 Å². The maximum Gasteiger partial charge on any atom is 0.338 e. The van der Waals surface area contributed by atoms with E-state index in [2.05, 4.69) is 21.2 Å². The van der Waals surface area contributed by atoms with Gasteiger partial charge in [-0.1, -0.05) is 87.9 Å². The fourth-order valence-electron chi connectivity index (χ4n) is 4.81. The molecule has 0 bridgehead atoms. The zero-order valence-corrected chi connectivity index (χ0v) is 22.5. The Hall–Kier alpha value is -4.08. The van der Waals surface area contributed by atoms with Crippen molar-refractivity contribution in [1.29, 1.82) is 0 Å². The number of esters is 1. The van der Waals surface area contributed by atoms with Crippen molar-refractivity contribution in [1.82, 2.24) is 4.57 Å². The van der Waals surface area contributed by atoms with Crippen LogP contribution in [0.1, 0.15) is 29.7 Å². The highest BCUT2D eigenvalue weighted by molar-refractivity contribution is 9.10. The molecule has 0 fully saturated rings. The van der Waals surface area contributed by atoms with Gasteiger partial charge in [-0.05, 0) is 30.7 Å². The average Bonchev–Trinajstić information content (AvgIpc) is 3.43. The molecule has 4 aromatic rings. The predicted molar refractivity (Wildman–Crippen MR) is 149 cm³/mol. The smallest absolute Gasteiger partial charge is 0.338 e. The van der Waals surface area contributed by atoms with Gasteiger partial charge in [0.15, 0.2) is 4.80 Å². The number of carbonyl (C=O) groups excluding carboxylic acids is 2. The van der Waals surface area contributed by atoms with Crippen LogP contribution in [-0.4, -0.2) is 23.1 Å². The Morgan fingerprint density at radius 2 is 1.76 bits per heavy atom. The number of nitrogens with zero attached hydrogens (tertiary/aromatic N) is 2. The van der Waals surface area contributed by atoms with Crippen LogP contribution in [0.25, 0.3) is 11.3 Å². The number of hydrogen-bond donors (Lipinski definition) is 1. The number of carbonyl (C=O) groups is 2. The highest BCUT2D eigenvalue weighted by Crippen LogP contribution is 2.36. The monoisotopic (exact) mass is 585 g/mol. The van der Waals surface area contributed by atoms with Crippen LogP contribution in [0.15, 0.2) is 98.7 Å². The van der Waals surface area contributed by atoms with Crippen molar-refractivity contribution in [3.05, 3.63) is 125 Å². The molecule has 1 aromatic heterocycles. The minimum absolute atomic E-state index is 0.173. The Bertz CT molecular complexity index is 1830. The number of nitrogens with one attached hydrogen (secondary N) is 1. The number of benzene rings is 3. The summed E-state index contributed by atoms with van der Waals surface area (Å²) in [6.07, 6.45) is 0. The summed E-state index contributed by atoms with van der Waals surface area (Å²) in [5, 5.41) is 2.85. The van der Waals surface area contributed by atoms with E-state index >= 15 is 0 Å². The van der Waals surface area contributed by atoms with Gasteiger partial charge in [-0.3, -0.25) is 14.2 Å². The summed E-state index contributed by atoms with van der Waals surface area (Å²) in [5.74, 6) is -0.901. The Morgan fingerprint density at radius 1 is 1.05 bits per heavy atom. The van der Waals surface area contributed by atoms with Gasteiger partial charge in [0.25, 0.3) is 11.5 Å². The van der Waals surface area contributed by atoms with Gasteiger partial charge in [0, 0.05) is 21.3 Å². The van der Waals surface area contributed by atoms with E-state index in [1.165, 1.54) is 4.57 Å². The lowest BCUT2D eigenvalue weighted by atomic mass is 9.93. The topological polar surface area (TPSA) is 89.8 Å². The minimum Gasteiger partial charge on any atom is -0.463 e. The second-order valence-corrected chi connectivity index (χ2v) is 10.6. The molecule has 1 atom stereocenters. The largest absolute Gasteiger partial charge is 0.463 e. The summed E-state index contributed by atoms with van der Waals surface area (Å²) in [4.78, 5) is 45.9. The lowest BCUT2D eigenvalue weighted by Gasteiger charge is -2.25. The molecule has 38 heavy (non-hydrogen) atoms. The molecule has 3 aromatic carbocycles. The van der Waals surface area contributed by atoms with Crippen LogP contribution in [-0.2, 0) is 14.3 Å². The first kappa shape index (κ1) is 24.3. The minimum atomic E-state index is -0.789. The number of fused-ring (bicyclic) bond motifs is 2. The SMILES string of the molecule is CCOC(=O)C1=C(c2ccccc2)N=c2s/c(=C3\C(=O)Nc4ccc(Br)cc43)c(=O)n2[C@H]1c1ccccc1. The number of aromatic nitrogens is 1. The molecule has 0 saturated heterocycles. The molecule has 1 N–H and O–H groups in total. The first-order chi connectivity index (χ1) is 18.5. The highest BCUT2D eigenvalue weighted by Gasteiger charge is 2.36. The molecule has 7 nitrogen and oxygen atoms in total. The van der Waals surface area contributed by atoms with E-state index in [1.807, 2.05) is 72.8 Å². The second kappa shape index (κ2) is 9.66. The van der Waals surface area contributed by atoms with Gasteiger partial charge in [-0.25, -0.2) is 9.79 Å². The molecule has 6 rings (SSSR count). The third kappa shape index (κ3) is 3.95. The number of hydrogen-bond acceptors (Lipinski definition) is 6. The van der Waals surface area contributed by atoms with Crippen LogP contribution in [0.5, 0.6) is 0 Å². The molecular formula is C29H20BrN3O4S. The quantitative estimate of drug-likeness (QED) is 0.366. The number of amides is 1. The molecule has 0 radical (unpaired) electrons. The van der Waals surface area contributed by atoms with E-state index in [4.69, 9.17) is 9.73 Å². The summed E-state index contributed by atoms with van der Waals surface area (Å²) in [6.45, 7) is 1.91. The van der Waals surface area contributed by atoms with Gasteiger partial charge >= 0.3 is 5.97 Å². The van der Waals surface area contributed by atoms with Crippen LogP contribution in [0, 0.1) is 0 Å². The first-order valence-electron chi connectivity index (χ1n) is 11.9. The molecule has 0 spiro atoms. The van der Waals surface area contributed by atoms with Crippen molar-refractivity contribution < 1.29 is 14.3 Å². The Kier molecular flexibility index (Phi) is 6.17. The molecule has 2 aliphatic heterocycles. The van der Waals surface area contributed by atoms with Gasteiger partial charge in [0.05, 0.1) is 29.5 Å². The molecular weight excluding hydrogens is 566 g/mol. The lowest BCUT2D eigenvalue weighted by molar-refractivity contribution is -0.138. The molecule has 188 valence electrons. The normalized spacial score (nSPS) is 17.4. The van der Waals surface area contributed by atoms with E-state index in [0.29, 0.717) is 27.3 Å². The van der Waals surface area contributed by atoms with Crippen LogP contribution in [0.4, 0.5) is 5.69 Å². The Labute approximate surface area is 229 Å². The first-order valence-corrected chi connectivity index (χ1v) is 13.6. The molecule has 2 aliphatic rings. The summed E-state index contributed by atoms with van der Waals surface area (Å²) in [6, 6.07) is 23.3. The van der Waals surface area contributed by atoms with Crippen LogP contribution in [0.2, 0.25) is 0 Å². The molecule has 9 heteroatoms. The third-order valence-electron chi connectivity index (χ3n) is 6.42. The maximum atomic E-state index is 14.1. The van der Waals surface area contributed by atoms with Crippen LogP contribution in [0.3, 0.4) is 0 Å². The number of halogens is 1. The standard InChI is InChI=1S/C29H20BrN3O4S/c1-2-37-28(36)22-23(16-9-5-3-6-10-16)32-29-33(24(22)17-11-7-4-8-12-17)27(35)25(38-29)21-19-15-18(30)13-14-20(19)31-26(21)34/h3-15,24H,2H2,1H3,(H,31,34)/b25-21-/t24-/m0/s1. The average molecular weight is 586 g/mol. The molecule has 1 amide bonds. The van der Waals surface area contributed by atoms with Crippen molar-refractivity contribution in [3.8, 4) is 0 Å². The third-order valence-corrected chi connectivity index (χ3v) is 7.96. The predicted octanol–water partition coefficient (Wildman–Crippen LogP) is 4.02. The van der Waals surface area contributed by atoms with E-state index in [0.717, 1.165) is 26.9 Å². The summed E-state index contributed by atoms with van der Waals surface area (Å²) in [7, 11) is 0. The van der Waals surface area contributed by atoms with Gasteiger partial charge in [0.2, 0.25) is 0 Å². The molecule has 0 aliphatic carbocycles. The van der Waals surface area contributed by atoms with Gasteiger partial charge in [0.1, 0.15) is 4.53 Å². The van der Waals surface area contributed by atoms with Gasteiger partial charge in [-0.2, -0.15) is 0 Å². The molecule has 0 unspecified atom stereocenters. The number of rotatable bonds is 4. The summed E-state index contributed by atoms with van der Waals surface area (Å²) >= 11 is 4.60. The lowest BCUT2D eigenvalue weighted by Crippen LogP contribution is -2.40. The molecule has 3 heterocycles. The van der Waals surface area contributed by atoms with Crippen molar-refractivity contribution in [3.63, 3.8) is 0 Å². The van der Waals surface area contributed by atoms with Crippen molar-refractivity contribution >= 4 is 56.1 Å². The van der Waals surface area contributed by atoms with Crippen LogP contribution >= 0.6 is 27.3 Å². The summed E-state index contributed by atoms with van der Waals surface area (Å²) < 4.78 is 8.03. The Balaban J connectivity index is 1.72. The van der Waals surface area contributed by atoms with E-state index in [9.17, 15) is 14.4 Å². The number of thiazole rings is 1. The van der Waals surface area contributed by atoms with Gasteiger partial charge < -0.3 is 10.1 Å². The zero-order valence-electron chi connectivity index (χ0n) is 20.1. The fraction of sp³-hybridized carbons (Fsp3) is 0.103. The van der Waals surface area contributed by atoms with Crippen LogP contribution < -0.4 is 20.2 Å². The van der Waals surface area contributed by atoms with E-state index in [1.54, 1.807) is 13.0 Å². The maximum absolute atomic E-state index is 14.1. The Morgan fingerprint density at radius 3 is 2.47 bits per heavy atom. The fourth-order valence-corrected chi connectivity index (χ4v) is 6.26. The van der Waals surface area contributed by atoms with Crippen molar-refractivity contribution in [2.24, 2.45) is 4.99 Å².